The number of imide groups is 1. The summed E-state index contributed by atoms with van der Waals surface area (Å²) in [5.74, 6) is -0.749. The number of esters is 1. The van der Waals surface area contributed by atoms with E-state index >= 15 is 0 Å². The van der Waals surface area contributed by atoms with E-state index in [1.54, 1.807) is 19.2 Å². The molecule has 0 atom stereocenters. The van der Waals surface area contributed by atoms with Gasteiger partial charge in [-0.1, -0.05) is 6.07 Å². The number of amides is 3. The molecular formula is C18H20N4O5. The molecule has 0 aromatic carbocycles. The third kappa shape index (κ3) is 3.97. The number of ether oxygens (including phenoxy) is 1. The van der Waals surface area contributed by atoms with Gasteiger partial charge in [-0.15, -0.1) is 0 Å². The number of hydrogen-bond donors (Lipinski definition) is 0. The molecule has 3 rings (SSSR count). The van der Waals surface area contributed by atoms with Crippen LogP contribution in [0.4, 0.5) is 4.79 Å². The van der Waals surface area contributed by atoms with Gasteiger partial charge in [0.15, 0.2) is 0 Å². The number of nitrogens with zero attached hydrogens (tertiary/aromatic N) is 4. The molecule has 9 nitrogen and oxygen atoms in total. The number of aryl methyl sites for hydroxylation is 1. The first-order valence-corrected chi connectivity index (χ1v) is 8.56. The summed E-state index contributed by atoms with van der Waals surface area (Å²) in [6, 6.07) is 6.30. The van der Waals surface area contributed by atoms with Crippen LogP contribution in [0, 0.1) is 6.92 Å². The van der Waals surface area contributed by atoms with Gasteiger partial charge >= 0.3 is 12.0 Å². The fourth-order valence-electron chi connectivity index (χ4n) is 2.93. The summed E-state index contributed by atoms with van der Waals surface area (Å²) >= 11 is 0. The Kier molecular flexibility index (Phi) is 5.20. The van der Waals surface area contributed by atoms with Crippen LogP contribution in [0.3, 0.4) is 0 Å². The minimum absolute atomic E-state index is 0.0614. The van der Waals surface area contributed by atoms with E-state index in [1.165, 1.54) is 15.4 Å². The zero-order valence-corrected chi connectivity index (χ0v) is 15.2. The Morgan fingerprint density at radius 1 is 1.26 bits per heavy atom. The lowest BCUT2D eigenvalue weighted by Gasteiger charge is -2.13. The molecule has 0 N–H and O–H groups in total. The van der Waals surface area contributed by atoms with Gasteiger partial charge in [-0.2, -0.15) is 0 Å². The summed E-state index contributed by atoms with van der Waals surface area (Å²) < 4.78 is 6.63. The Balaban J connectivity index is 1.52. The number of hydrogen-bond acceptors (Lipinski definition) is 6. The van der Waals surface area contributed by atoms with Gasteiger partial charge in [-0.25, -0.2) is 9.78 Å². The number of carbonyl (C=O) groups is 3. The van der Waals surface area contributed by atoms with E-state index < -0.39 is 5.97 Å². The van der Waals surface area contributed by atoms with E-state index in [9.17, 15) is 19.2 Å². The summed E-state index contributed by atoms with van der Waals surface area (Å²) in [7, 11) is 1.55. The second-order valence-electron chi connectivity index (χ2n) is 6.39. The minimum Gasteiger partial charge on any atom is -0.459 e. The Labute approximate surface area is 155 Å². The molecule has 3 heterocycles. The molecule has 27 heavy (non-hydrogen) atoms. The van der Waals surface area contributed by atoms with E-state index in [0.29, 0.717) is 17.8 Å². The largest absolute Gasteiger partial charge is 0.459 e. The predicted octanol–water partition coefficient (Wildman–Crippen LogP) is 0.720. The summed E-state index contributed by atoms with van der Waals surface area (Å²) in [6.45, 7) is 1.93. The van der Waals surface area contributed by atoms with Crippen molar-refractivity contribution in [3.8, 4) is 0 Å². The fraction of sp³-hybridized carbons (Fsp3) is 0.389. The van der Waals surface area contributed by atoms with E-state index in [-0.39, 0.29) is 43.6 Å². The van der Waals surface area contributed by atoms with E-state index in [1.807, 2.05) is 13.0 Å². The van der Waals surface area contributed by atoms with Gasteiger partial charge in [0, 0.05) is 31.8 Å². The van der Waals surface area contributed by atoms with Crippen molar-refractivity contribution >= 4 is 23.6 Å². The van der Waals surface area contributed by atoms with Crippen molar-refractivity contribution in [2.24, 2.45) is 0 Å². The topological polar surface area (TPSA) is 101 Å². The number of rotatable bonds is 6. The molecule has 0 radical (unpaired) electrons. The second kappa shape index (κ2) is 7.56. The number of pyridine rings is 1. The van der Waals surface area contributed by atoms with Gasteiger partial charge in [-0.05, 0) is 25.5 Å². The SMILES string of the molecule is Cc1cccc2nc(COC(=O)CCCN3C(=O)CN(C)C3=O)cc(=O)n12. The lowest BCUT2D eigenvalue weighted by molar-refractivity contribution is -0.145. The Bertz CT molecular complexity index is 968. The molecular weight excluding hydrogens is 352 g/mol. The van der Waals surface area contributed by atoms with Crippen molar-refractivity contribution in [2.75, 3.05) is 20.1 Å². The van der Waals surface area contributed by atoms with Crippen LogP contribution in [0.2, 0.25) is 0 Å². The number of carbonyl (C=O) groups excluding carboxylic acids is 3. The Morgan fingerprint density at radius 3 is 2.74 bits per heavy atom. The zero-order chi connectivity index (χ0) is 19.6. The number of urea groups is 1. The second-order valence-corrected chi connectivity index (χ2v) is 6.39. The average Bonchev–Trinajstić information content (AvgIpc) is 2.86. The fourth-order valence-corrected chi connectivity index (χ4v) is 2.93. The lowest BCUT2D eigenvalue weighted by atomic mass is 10.3. The molecule has 2 aromatic rings. The highest BCUT2D eigenvalue weighted by atomic mass is 16.5. The molecule has 142 valence electrons. The third-order valence-corrected chi connectivity index (χ3v) is 4.31. The number of aromatic nitrogens is 2. The maximum Gasteiger partial charge on any atom is 0.326 e. The number of fused-ring (bicyclic) bond motifs is 1. The van der Waals surface area contributed by atoms with Crippen molar-refractivity contribution in [1.29, 1.82) is 0 Å². The molecule has 0 spiro atoms. The van der Waals surface area contributed by atoms with Gasteiger partial charge in [0.05, 0.1) is 5.69 Å². The quantitative estimate of drug-likeness (QED) is 0.547. The van der Waals surface area contributed by atoms with Crippen molar-refractivity contribution in [1.82, 2.24) is 19.2 Å². The number of likely N-dealkylation sites (N-methyl/N-ethyl adjacent to an activating group) is 1. The molecule has 9 heteroatoms. The minimum atomic E-state index is -0.478. The predicted molar refractivity (Wildman–Crippen MR) is 95.0 cm³/mol. The monoisotopic (exact) mass is 372 g/mol. The molecule has 1 fully saturated rings. The maximum atomic E-state index is 12.2. The summed E-state index contributed by atoms with van der Waals surface area (Å²) in [5.41, 5.74) is 1.39. The maximum absolute atomic E-state index is 12.2. The first-order valence-electron chi connectivity index (χ1n) is 8.56. The van der Waals surface area contributed by atoms with Crippen molar-refractivity contribution in [3.63, 3.8) is 0 Å². The van der Waals surface area contributed by atoms with Crippen LogP contribution < -0.4 is 5.56 Å². The highest BCUT2D eigenvalue weighted by molar-refractivity contribution is 6.01. The lowest BCUT2D eigenvalue weighted by Crippen LogP contribution is -2.32. The molecule has 0 unspecified atom stereocenters. The summed E-state index contributed by atoms with van der Waals surface area (Å²) in [6.07, 6.45) is 0.379. The standard InChI is InChI=1S/C18H20N4O5/c1-12-5-3-6-14-19-13(9-15(23)22(12)14)11-27-17(25)7-4-8-21-16(24)10-20(2)18(21)26/h3,5-6,9H,4,7-8,10-11H2,1-2H3. The highest BCUT2D eigenvalue weighted by Gasteiger charge is 2.32. The molecule has 2 aromatic heterocycles. The van der Waals surface area contributed by atoms with E-state index in [0.717, 1.165) is 10.6 Å². The first-order chi connectivity index (χ1) is 12.9. The molecule has 1 aliphatic rings. The summed E-state index contributed by atoms with van der Waals surface area (Å²) in [4.78, 5) is 54.2. The molecule has 1 saturated heterocycles. The third-order valence-electron chi connectivity index (χ3n) is 4.31. The molecule has 0 bridgehead atoms. The Morgan fingerprint density at radius 2 is 2.04 bits per heavy atom. The van der Waals surface area contributed by atoms with Crippen molar-refractivity contribution in [3.05, 3.63) is 46.0 Å². The van der Waals surface area contributed by atoms with Gasteiger partial charge in [0.2, 0.25) is 5.91 Å². The van der Waals surface area contributed by atoms with Crippen LogP contribution in [-0.4, -0.2) is 57.2 Å². The molecule has 0 aliphatic carbocycles. The Hall–Kier alpha value is -3.23. The highest BCUT2D eigenvalue weighted by Crippen LogP contribution is 2.10. The van der Waals surface area contributed by atoms with Crippen LogP contribution in [0.15, 0.2) is 29.1 Å². The van der Waals surface area contributed by atoms with Crippen LogP contribution in [0.5, 0.6) is 0 Å². The van der Waals surface area contributed by atoms with Crippen molar-refractivity contribution in [2.45, 2.75) is 26.4 Å². The van der Waals surface area contributed by atoms with Gasteiger partial charge in [-0.3, -0.25) is 23.7 Å². The molecule has 0 saturated carbocycles. The van der Waals surface area contributed by atoms with E-state index in [2.05, 4.69) is 4.98 Å². The van der Waals surface area contributed by atoms with Crippen LogP contribution in [0.1, 0.15) is 24.2 Å². The molecule has 3 amide bonds. The normalized spacial score (nSPS) is 14.3. The van der Waals surface area contributed by atoms with Gasteiger partial charge < -0.3 is 9.64 Å². The van der Waals surface area contributed by atoms with Crippen LogP contribution >= 0.6 is 0 Å². The first kappa shape index (κ1) is 18.6. The van der Waals surface area contributed by atoms with E-state index in [4.69, 9.17) is 4.74 Å². The van der Waals surface area contributed by atoms with Crippen LogP contribution in [0.25, 0.3) is 5.65 Å². The smallest absolute Gasteiger partial charge is 0.326 e. The van der Waals surface area contributed by atoms with Crippen LogP contribution in [-0.2, 0) is 20.9 Å². The average molecular weight is 372 g/mol. The van der Waals surface area contributed by atoms with Gasteiger partial charge in [0.25, 0.3) is 5.56 Å². The zero-order valence-electron chi connectivity index (χ0n) is 15.2. The molecule has 1 aliphatic heterocycles. The van der Waals surface area contributed by atoms with Crippen molar-refractivity contribution < 1.29 is 19.1 Å². The summed E-state index contributed by atoms with van der Waals surface area (Å²) in [5, 5.41) is 0. The van der Waals surface area contributed by atoms with Gasteiger partial charge in [0.1, 0.15) is 18.8 Å².